The van der Waals surface area contributed by atoms with E-state index < -0.39 is 5.69 Å². The monoisotopic (exact) mass is 514 g/mol. The van der Waals surface area contributed by atoms with Crippen molar-refractivity contribution in [2.45, 2.75) is 32.2 Å². The number of unbranched alkanes of at least 4 members (excludes halogenated alkanes) is 2. The van der Waals surface area contributed by atoms with E-state index >= 15 is 0 Å². The number of piperazine rings is 1. The number of methoxy groups -OCH3 is 2. The second-order valence-corrected chi connectivity index (χ2v) is 9.23. The molecule has 9 nitrogen and oxygen atoms in total. The van der Waals surface area contributed by atoms with E-state index in [2.05, 4.69) is 9.88 Å². The molecule has 0 saturated carbocycles. The van der Waals surface area contributed by atoms with Crippen molar-refractivity contribution >= 4 is 34.1 Å². The Morgan fingerprint density at radius 1 is 0.972 bits per heavy atom. The molecule has 2 aromatic carbocycles. The number of aromatic amines is 1. The topological polar surface area (TPSA) is 96.9 Å². The molecule has 3 aromatic rings. The molecule has 1 aliphatic heterocycles. The molecule has 192 valence electrons. The van der Waals surface area contributed by atoms with Gasteiger partial charge < -0.3 is 24.3 Å². The molecule has 0 bridgehead atoms. The smallest absolute Gasteiger partial charge is 0.328 e. The highest BCUT2D eigenvalue weighted by atomic mass is 35.5. The van der Waals surface area contributed by atoms with Crippen LogP contribution in [0.3, 0.4) is 0 Å². The highest BCUT2D eigenvalue weighted by Crippen LogP contribution is 2.29. The van der Waals surface area contributed by atoms with Crippen LogP contribution in [-0.4, -0.2) is 60.8 Å². The highest BCUT2D eigenvalue weighted by Gasteiger charge is 2.21. The number of anilines is 1. The van der Waals surface area contributed by atoms with E-state index in [-0.39, 0.29) is 18.0 Å². The van der Waals surface area contributed by atoms with Crippen molar-refractivity contribution in [2.24, 2.45) is 0 Å². The van der Waals surface area contributed by atoms with E-state index in [1.54, 1.807) is 12.1 Å². The predicted molar refractivity (Wildman–Crippen MR) is 141 cm³/mol. The Bertz CT molecular complexity index is 1340. The number of rotatable bonds is 9. The number of fused-ring (bicyclic) bond motifs is 1. The van der Waals surface area contributed by atoms with Gasteiger partial charge in [-0.3, -0.25) is 14.2 Å². The molecule has 0 atom stereocenters. The Hall–Kier alpha value is -3.46. The SMILES string of the molecule is COc1cc2[nH]c(=O)n(CCCCCC(=O)N3CCN(c4cccc(Cl)c4)CC3)c(=O)c2cc1OC. The van der Waals surface area contributed by atoms with Gasteiger partial charge in [-0.05, 0) is 37.1 Å². The molecule has 1 aromatic heterocycles. The van der Waals surface area contributed by atoms with Crippen LogP contribution in [0.2, 0.25) is 5.02 Å². The van der Waals surface area contributed by atoms with Crippen LogP contribution in [-0.2, 0) is 11.3 Å². The quantitative estimate of drug-likeness (QED) is 0.440. The van der Waals surface area contributed by atoms with E-state index in [4.69, 9.17) is 21.1 Å². The number of hydrogen-bond donors (Lipinski definition) is 1. The fourth-order valence-corrected chi connectivity index (χ4v) is 4.74. The number of halogens is 1. The lowest BCUT2D eigenvalue weighted by atomic mass is 10.1. The molecule has 1 amide bonds. The summed E-state index contributed by atoms with van der Waals surface area (Å²) in [5.41, 5.74) is 0.641. The number of ether oxygens (including phenoxy) is 2. The van der Waals surface area contributed by atoms with Crippen molar-refractivity contribution < 1.29 is 14.3 Å². The number of nitrogens with one attached hydrogen (secondary N) is 1. The summed E-state index contributed by atoms with van der Waals surface area (Å²) in [6, 6.07) is 10.9. The third kappa shape index (κ3) is 5.67. The molecule has 1 N–H and O–H groups in total. The van der Waals surface area contributed by atoms with Crippen molar-refractivity contribution in [1.82, 2.24) is 14.5 Å². The first-order valence-corrected chi connectivity index (χ1v) is 12.5. The van der Waals surface area contributed by atoms with Crippen LogP contribution in [0.1, 0.15) is 25.7 Å². The minimum atomic E-state index is -0.464. The van der Waals surface area contributed by atoms with Crippen LogP contribution in [0.15, 0.2) is 46.0 Å². The number of benzene rings is 2. The van der Waals surface area contributed by atoms with Gasteiger partial charge >= 0.3 is 5.69 Å². The average Bonchev–Trinajstić information content (AvgIpc) is 2.89. The third-order valence-electron chi connectivity index (χ3n) is 6.56. The lowest BCUT2D eigenvalue weighted by Crippen LogP contribution is -2.48. The Kier molecular flexibility index (Phi) is 8.20. The third-order valence-corrected chi connectivity index (χ3v) is 6.80. The van der Waals surface area contributed by atoms with Crippen LogP contribution in [0, 0.1) is 0 Å². The first kappa shape index (κ1) is 25.6. The van der Waals surface area contributed by atoms with Crippen molar-refractivity contribution in [1.29, 1.82) is 0 Å². The van der Waals surface area contributed by atoms with Gasteiger partial charge in [-0.2, -0.15) is 0 Å². The van der Waals surface area contributed by atoms with Crippen LogP contribution in [0.4, 0.5) is 5.69 Å². The predicted octanol–water partition coefficient (Wildman–Crippen LogP) is 3.27. The first-order chi connectivity index (χ1) is 17.4. The number of carbonyl (C=O) groups excluding carboxylic acids is 1. The Morgan fingerprint density at radius 3 is 2.39 bits per heavy atom. The van der Waals surface area contributed by atoms with Crippen molar-refractivity contribution in [3.8, 4) is 11.5 Å². The maximum Gasteiger partial charge on any atom is 0.328 e. The summed E-state index contributed by atoms with van der Waals surface area (Å²) < 4.78 is 11.7. The maximum atomic E-state index is 12.9. The van der Waals surface area contributed by atoms with Gasteiger partial charge in [-0.25, -0.2) is 4.79 Å². The summed E-state index contributed by atoms with van der Waals surface area (Å²) >= 11 is 6.09. The maximum absolute atomic E-state index is 12.9. The molecular weight excluding hydrogens is 484 g/mol. The van der Waals surface area contributed by atoms with E-state index in [0.29, 0.717) is 59.8 Å². The van der Waals surface area contributed by atoms with Gasteiger partial charge in [0.2, 0.25) is 5.91 Å². The fraction of sp³-hybridized carbons (Fsp3) is 0.423. The van der Waals surface area contributed by atoms with Gasteiger partial charge in [0.25, 0.3) is 5.56 Å². The minimum absolute atomic E-state index is 0.141. The number of H-pyrrole nitrogens is 1. The largest absolute Gasteiger partial charge is 0.493 e. The van der Waals surface area contributed by atoms with Crippen LogP contribution in [0.25, 0.3) is 10.9 Å². The van der Waals surface area contributed by atoms with Gasteiger partial charge in [0.1, 0.15) is 0 Å². The molecule has 4 rings (SSSR count). The van der Waals surface area contributed by atoms with E-state index in [0.717, 1.165) is 25.2 Å². The first-order valence-electron chi connectivity index (χ1n) is 12.1. The average molecular weight is 515 g/mol. The number of hydrogen-bond acceptors (Lipinski definition) is 6. The summed E-state index contributed by atoms with van der Waals surface area (Å²) in [4.78, 5) is 45.0. The van der Waals surface area contributed by atoms with Crippen molar-refractivity contribution in [3.63, 3.8) is 0 Å². The zero-order valence-electron chi connectivity index (χ0n) is 20.6. The molecule has 10 heteroatoms. The standard InChI is InChI=1S/C26H31ClN4O5/c1-35-22-16-20-21(17-23(22)36-2)28-26(34)31(25(20)33)10-5-3-4-9-24(32)30-13-11-29(12-14-30)19-8-6-7-18(27)15-19/h6-8,15-17H,3-5,9-14H2,1-2H3,(H,28,34). The molecular formula is C26H31ClN4O5. The summed E-state index contributed by atoms with van der Waals surface area (Å²) in [6.07, 6.45) is 2.53. The lowest BCUT2D eigenvalue weighted by molar-refractivity contribution is -0.131. The van der Waals surface area contributed by atoms with Gasteiger partial charge in [-0.15, -0.1) is 0 Å². The van der Waals surface area contributed by atoms with Gasteiger partial charge in [0.05, 0.1) is 25.1 Å². The van der Waals surface area contributed by atoms with E-state index in [1.807, 2.05) is 29.2 Å². The minimum Gasteiger partial charge on any atom is -0.493 e. The van der Waals surface area contributed by atoms with Gasteiger partial charge in [0.15, 0.2) is 11.5 Å². The second-order valence-electron chi connectivity index (χ2n) is 8.80. The Morgan fingerprint density at radius 2 is 1.69 bits per heavy atom. The Labute approximate surface area is 214 Å². The van der Waals surface area contributed by atoms with Crippen LogP contribution < -0.4 is 25.6 Å². The molecule has 0 radical (unpaired) electrons. The summed E-state index contributed by atoms with van der Waals surface area (Å²) in [5, 5.41) is 1.07. The lowest BCUT2D eigenvalue weighted by Gasteiger charge is -2.36. The van der Waals surface area contributed by atoms with E-state index in [1.165, 1.54) is 18.8 Å². The van der Waals surface area contributed by atoms with Gasteiger partial charge in [0, 0.05) is 55.9 Å². The number of amides is 1. The molecule has 0 unspecified atom stereocenters. The number of aromatic nitrogens is 2. The van der Waals surface area contributed by atoms with E-state index in [9.17, 15) is 14.4 Å². The summed E-state index contributed by atoms with van der Waals surface area (Å²) in [5.74, 6) is 1.00. The molecule has 36 heavy (non-hydrogen) atoms. The number of carbonyl (C=O) groups is 1. The molecule has 2 heterocycles. The highest BCUT2D eigenvalue weighted by molar-refractivity contribution is 6.30. The molecule has 1 aliphatic rings. The Balaban J connectivity index is 1.26. The molecule has 1 fully saturated rings. The summed E-state index contributed by atoms with van der Waals surface area (Å²) in [7, 11) is 2.99. The fourth-order valence-electron chi connectivity index (χ4n) is 4.55. The van der Waals surface area contributed by atoms with Crippen LogP contribution >= 0.6 is 11.6 Å². The van der Waals surface area contributed by atoms with Crippen LogP contribution in [0.5, 0.6) is 11.5 Å². The molecule has 0 spiro atoms. The zero-order chi connectivity index (χ0) is 25.7. The molecule has 0 aliphatic carbocycles. The van der Waals surface area contributed by atoms with Crippen molar-refractivity contribution in [2.75, 3.05) is 45.3 Å². The van der Waals surface area contributed by atoms with Gasteiger partial charge in [-0.1, -0.05) is 24.1 Å². The molecule has 1 saturated heterocycles. The van der Waals surface area contributed by atoms with Crippen molar-refractivity contribution in [3.05, 3.63) is 62.3 Å². The summed E-state index contributed by atoms with van der Waals surface area (Å²) in [6.45, 7) is 3.20. The normalized spacial score (nSPS) is 13.8. The second kappa shape index (κ2) is 11.5. The zero-order valence-corrected chi connectivity index (χ0v) is 21.3. The number of nitrogens with zero attached hydrogens (tertiary/aromatic N) is 3.